The van der Waals surface area contributed by atoms with Gasteiger partial charge in [0.05, 0.1) is 28.1 Å². The standard InChI is InChI=1S/C36H28N8O12S3/c1-19(45)32(36(47)38-21-7-3-2-4-8-21)42-39-22-11-13-23(14-12-22)40-43-33-28(58(51,52)53)17-20-18-29(59(54,55)56)34(35(46)30(20)31(33)37)44-41-26-15-16-27(57(48,49)50)25-10-6-5-9-24(25)26/h2-18,32,46H,37H2,1H3,(H,38,47)(H,48,49,50)(H,51,52,53)(H,54,55,56)/t32-/m1/s1. The molecule has 0 aliphatic heterocycles. The van der Waals surface area contributed by atoms with Crippen LogP contribution in [-0.2, 0) is 39.9 Å². The predicted octanol–water partition coefficient (Wildman–Crippen LogP) is 7.53. The van der Waals surface area contributed by atoms with Gasteiger partial charge in [-0.15, -0.1) is 15.3 Å². The van der Waals surface area contributed by atoms with Gasteiger partial charge in [-0.1, -0.05) is 42.5 Å². The molecule has 6 aromatic rings. The molecule has 6 rings (SSSR count). The highest BCUT2D eigenvalue weighted by atomic mass is 32.2. The highest BCUT2D eigenvalue weighted by molar-refractivity contribution is 7.86. The lowest BCUT2D eigenvalue weighted by molar-refractivity contribution is -0.126. The Morgan fingerprint density at radius 1 is 0.627 bits per heavy atom. The normalized spacial score (nSPS) is 13.2. The van der Waals surface area contributed by atoms with Crippen molar-refractivity contribution < 1.29 is 53.6 Å². The second kappa shape index (κ2) is 16.2. The van der Waals surface area contributed by atoms with Gasteiger partial charge in [-0.05, 0) is 73.0 Å². The van der Waals surface area contributed by atoms with Gasteiger partial charge in [0.25, 0.3) is 36.3 Å². The van der Waals surface area contributed by atoms with Crippen molar-refractivity contribution in [2.75, 3.05) is 11.1 Å². The first kappa shape index (κ1) is 41.7. The zero-order valence-electron chi connectivity index (χ0n) is 29.9. The smallest absolute Gasteiger partial charge is 0.296 e. The van der Waals surface area contributed by atoms with Crippen molar-refractivity contribution in [3.8, 4) is 5.75 Å². The number of ketones is 1. The average Bonchev–Trinajstić information content (AvgIpc) is 3.16. The number of benzene rings is 6. The van der Waals surface area contributed by atoms with Gasteiger partial charge in [0.1, 0.15) is 26.1 Å². The third-order valence-electron chi connectivity index (χ3n) is 8.35. The van der Waals surface area contributed by atoms with Crippen LogP contribution in [0.3, 0.4) is 0 Å². The fraction of sp³-hybridized carbons (Fsp3) is 0.0556. The van der Waals surface area contributed by atoms with Crippen LogP contribution >= 0.6 is 0 Å². The molecule has 0 saturated carbocycles. The van der Waals surface area contributed by atoms with Gasteiger partial charge < -0.3 is 16.2 Å². The quantitative estimate of drug-likeness (QED) is 0.0300. The number of Topliss-reactive ketones (excluding diaryl/α,β-unsaturated/α-hetero) is 1. The van der Waals surface area contributed by atoms with Crippen molar-refractivity contribution in [1.29, 1.82) is 0 Å². The van der Waals surface area contributed by atoms with Gasteiger partial charge in [-0.25, -0.2) is 0 Å². The largest absolute Gasteiger partial charge is 0.505 e. The Balaban J connectivity index is 1.39. The molecule has 1 amide bonds. The van der Waals surface area contributed by atoms with Crippen LogP contribution in [0.4, 0.5) is 39.8 Å². The molecule has 0 saturated heterocycles. The zero-order chi connectivity index (χ0) is 42.9. The van der Waals surface area contributed by atoms with Gasteiger partial charge in [0, 0.05) is 16.5 Å². The number of anilines is 2. The molecular formula is C36H28N8O12S3. The summed E-state index contributed by atoms with van der Waals surface area (Å²) in [6.45, 7) is 1.17. The lowest BCUT2D eigenvalue weighted by Crippen LogP contribution is -2.31. The van der Waals surface area contributed by atoms with Crippen molar-refractivity contribution in [2.45, 2.75) is 27.7 Å². The molecule has 7 N–H and O–H groups in total. The van der Waals surface area contributed by atoms with Gasteiger partial charge >= 0.3 is 0 Å². The minimum Gasteiger partial charge on any atom is -0.505 e. The molecule has 0 spiro atoms. The second-order valence-corrected chi connectivity index (χ2v) is 16.5. The number of azo groups is 3. The van der Waals surface area contributed by atoms with Crippen LogP contribution in [0.1, 0.15) is 6.92 Å². The van der Waals surface area contributed by atoms with E-state index in [9.17, 15) is 53.6 Å². The third-order valence-corrected chi connectivity index (χ3v) is 11.0. The Morgan fingerprint density at radius 3 is 1.73 bits per heavy atom. The Hall–Kier alpha value is -6.89. The third kappa shape index (κ3) is 9.14. The van der Waals surface area contributed by atoms with Crippen LogP contribution in [0.5, 0.6) is 5.75 Å². The van der Waals surface area contributed by atoms with E-state index in [0.29, 0.717) is 11.8 Å². The van der Waals surface area contributed by atoms with Gasteiger partial charge in [0.2, 0.25) is 6.04 Å². The number of carbonyl (C=O) groups excluding carboxylic acids is 2. The SMILES string of the molecule is CC(=O)[C@@H](N=Nc1ccc(N=Nc2c(S(=O)(=O)O)cc3cc(S(=O)(=O)O)c(N=Nc4ccc(S(=O)(=O)O)c5ccccc45)c(O)c3c2N)cc1)C(=O)Nc1ccccc1. The number of nitrogen functional groups attached to an aromatic ring is 1. The van der Waals surface area contributed by atoms with E-state index < -0.39 is 96.4 Å². The summed E-state index contributed by atoms with van der Waals surface area (Å²) in [5, 5.41) is 36.7. The number of carbonyl (C=O) groups is 2. The zero-order valence-corrected chi connectivity index (χ0v) is 32.4. The minimum absolute atomic E-state index is 0.0189. The monoisotopic (exact) mass is 860 g/mol. The second-order valence-electron chi connectivity index (χ2n) is 12.4. The highest BCUT2D eigenvalue weighted by Crippen LogP contribution is 2.48. The van der Waals surface area contributed by atoms with Crippen LogP contribution in [0, 0.1) is 0 Å². The molecule has 0 heterocycles. The first-order valence-corrected chi connectivity index (χ1v) is 20.8. The number of hydrogen-bond donors (Lipinski definition) is 6. The van der Waals surface area contributed by atoms with E-state index in [2.05, 4.69) is 36.0 Å². The molecular weight excluding hydrogens is 833 g/mol. The Kier molecular flexibility index (Phi) is 11.4. The number of nitrogens with two attached hydrogens (primary N) is 1. The van der Waals surface area contributed by atoms with E-state index in [0.717, 1.165) is 18.2 Å². The van der Waals surface area contributed by atoms with E-state index in [1.54, 1.807) is 30.3 Å². The number of phenolic OH excluding ortho intramolecular Hbond substituents is 1. The van der Waals surface area contributed by atoms with Crippen LogP contribution in [0.2, 0.25) is 0 Å². The minimum atomic E-state index is -5.24. The highest BCUT2D eigenvalue weighted by Gasteiger charge is 2.28. The molecule has 0 radical (unpaired) electrons. The molecule has 0 aliphatic rings. The maximum absolute atomic E-state index is 12.7. The van der Waals surface area contributed by atoms with E-state index in [1.807, 2.05) is 0 Å². The summed E-state index contributed by atoms with van der Waals surface area (Å²) in [6, 6.07) is 21.7. The molecule has 1 atom stereocenters. The average molecular weight is 861 g/mol. The van der Waals surface area contributed by atoms with E-state index in [1.165, 1.54) is 55.5 Å². The van der Waals surface area contributed by atoms with Crippen molar-refractivity contribution >= 4 is 103 Å². The number of rotatable bonds is 12. The fourth-order valence-corrected chi connectivity index (χ4v) is 7.67. The molecule has 0 bridgehead atoms. The van der Waals surface area contributed by atoms with Crippen molar-refractivity contribution in [1.82, 2.24) is 0 Å². The van der Waals surface area contributed by atoms with Crippen LogP contribution < -0.4 is 11.1 Å². The summed E-state index contributed by atoms with van der Waals surface area (Å²) in [7, 11) is -15.1. The predicted molar refractivity (Wildman–Crippen MR) is 212 cm³/mol. The molecule has 23 heteroatoms. The summed E-state index contributed by atoms with van der Waals surface area (Å²) in [5.74, 6) is -2.32. The maximum atomic E-state index is 12.7. The molecule has 20 nitrogen and oxygen atoms in total. The summed E-state index contributed by atoms with van der Waals surface area (Å²) < 4.78 is 104. The first-order valence-electron chi connectivity index (χ1n) is 16.5. The van der Waals surface area contributed by atoms with E-state index >= 15 is 0 Å². The molecule has 59 heavy (non-hydrogen) atoms. The number of hydrogen-bond acceptors (Lipinski definition) is 16. The molecule has 0 unspecified atom stereocenters. The molecule has 0 aliphatic carbocycles. The van der Waals surface area contributed by atoms with Gasteiger partial charge in [0.15, 0.2) is 11.5 Å². The molecule has 6 aromatic carbocycles. The van der Waals surface area contributed by atoms with Crippen LogP contribution in [0.15, 0.2) is 149 Å². The lowest BCUT2D eigenvalue weighted by Gasteiger charge is -2.14. The first-order chi connectivity index (χ1) is 27.7. The summed E-state index contributed by atoms with van der Waals surface area (Å²) >= 11 is 0. The summed E-state index contributed by atoms with van der Waals surface area (Å²) in [4.78, 5) is 22.3. The topological polar surface area (TPSA) is 330 Å². The number of nitrogens with zero attached hydrogens (tertiary/aromatic N) is 6. The van der Waals surface area contributed by atoms with Crippen molar-refractivity contribution in [2.24, 2.45) is 30.7 Å². The number of nitrogens with one attached hydrogen (secondary N) is 1. The van der Waals surface area contributed by atoms with Crippen molar-refractivity contribution in [3.05, 3.63) is 103 Å². The van der Waals surface area contributed by atoms with Crippen molar-refractivity contribution in [3.63, 3.8) is 0 Å². The Labute approximate surface area is 334 Å². The van der Waals surface area contributed by atoms with Gasteiger partial charge in [-0.3, -0.25) is 23.2 Å². The number of amides is 1. The number of fused-ring (bicyclic) bond motifs is 2. The lowest BCUT2D eigenvalue weighted by atomic mass is 10.1. The van der Waals surface area contributed by atoms with Gasteiger partial charge in [-0.2, -0.15) is 40.6 Å². The maximum Gasteiger partial charge on any atom is 0.296 e. The Morgan fingerprint density at radius 2 is 1.15 bits per heavy atom. The molecule has 302 valence electrons. The summed E-state index contributed by atoms with van der Waals surface area (Å²) in [5.41, 5.74) is 4.67. The molecule has 0 aromatic heterocycles. The Bertz CT molecular complexity index is 3130. The van der Waals surface area contributed by atoms with E-state index in [4.69, 9.17) is 5.73 Å². The van der Waals surface area contributed by atoms with E-state index in [-0.39, 0.29) is 27.8 Å². The van der Waals surface area contributed by atoms with Crippen LogP contribution in [-0.4, -0.2) is 61.8 Å². The fourth-order valence-electron chi connectivity index (χ4n) is 5.64. The number of para-hydroxylation sites is 1. The molecule has 0 fully saturated rings. The number of aromatic hydroxyl groups is 1. The number of phenols is 1. The van der Waals surface area contributed by atoms with Crippen LogP contribution in [0.25, 0.3) is 21.5 Å². The summed E-state index contributed by atoms with van der Waals surface area (Å²) in [6.07, 6.45) is 0.